The van der Waals surface area contributed by atoms with Crippen LogP contribution in [0.1, 0.15) is 74.7 Å². The Morgan fingerprint density at radius 1 is 1.15 bits per heavy atom. The van der Waals surface area contributed by atoms with Gasteiger partial charge in [-0.25, -0.2) is 0 Å². The van der Waals surface area contributed by atoms with Crippen LogP contribution in [0.3, 0.4) is 0 Å². The quantitative estimate of drug-likeness (QED) is 0.267. The van der Waals surface area contributed by atoms with E-state index in [2.05, 4.69) is 40.8 Å². The van der Waals surface area contributed by atoms with E-state index >= 15 is 0 Å². The fraction of sp³-hybridized carbons (Fsp3) is 0.818. The molecule has 0 spiro atoms. The molecule has 5 heteroatoms. The average Bonchev–Trinajstić information content (AvgIpc) is 2.51. The molecule has 0 aromatic heterocycles. The lowest BCUT2D eigenvalue weighted by molar-refractivity contribution is -0.163. The van der Waals surface area contributed by atoms with Crippen LogP contribution in [0.2, 0.25) is 18.1 Å². The predicted octanol–water partition coefficient (Wildman–Crippen LogP) is 5.67. The van der Waals surface area contributed by atoms with Gasteiger partial charge in [0.05, 0.1) is 6.10 Å². The number of rotatable bonds is 3. The fourth-order valence-corrected chi connectivity index (χ4v) is 4.39. The van der Waals surface area contributed by atoms with Crippen LogP contribution in [0.5, 0.6) is 0 Å². The molecule has 4 nitrogen and oxygen atoms in total. The molecule has 1 aliphatic carbocycles. The zero-order valence-corrected chi connectivity index (χ0v) is 20.1. The van der Waals surface area contributed by atoms with Gasteiger partial charge in [-0.2, -0.15) is 0 Å². The molecule has 0 aromatic carbocycles. The van der Waals surface area contributed by atoms with Crippen LogP contribution in [0.4, 0.5) is 0 Å². The summed E-state index contributed by atoms with van der Waals surface area (Å²) in [4.78, 5) is 25.9. The van der Waals surface area contributed by atoms with Crippen molar-refractivity contribution in [2.75, 3.05) is 0 Å². The second kappa shape index (κ2) is 8.60. The molecule has 0 saturated heterocycles. The minimum atomic E-state index is -2.02. The van der Waals surface area contributed by atoms with E-state index in [1.165, 1.54) is 5.57 Å². The maximum Gasteiger partial charge on any atom is 0.317 e. The van der Waals surface area contributed by atoms with Crippen LogP contribution in [-0.4, -0.2) is 31.8 Å². The standard InChI is InChI=1S/C22H40O4Si/c1-15-11-13-17(20(24)25-21(3,4)5)19(23)16(2)18(14-12-15)26-27(9,10)22(6,7)8/h11,16-18H,12-14H2,1-10H3/b15-11-/t16?,17-,18+/m1/s1. The monoisotopic (exact) mass is 396 g/mol. The second-order valence-electron chi connectivity index (χ2n) is 10.5. The van der Waals surface area contributed by atoms with Crippen LogP contribution < -0.4 is 0 Å². The summed E-state index contributed by atoms with van der Waals surface area (Å²) in [5.74, 6) is -1.55. The Morgan fingerprint density at radius 2 is 1.70 bits per heavy atom. The van der Waals surface area contributed by atoms with Crippen LogP contribution in [0.25, 0.3) is 0 Å². The van der Waals surface area contributed by atoms with Crippen molar-refractivity contribution in [3.8, 4) is 0 Å². The van der Waals surface area contributed by atoms with E-state index in [1.54, 1.807) is 0 Å². The van der Waals surface area contributed by atoms with E-state index in [-0.39, 0.29) is 22.8 Å². The molecule has 1 aliphatic rings. The largest absolute Gasteiger partial charge is 0.459 e. The van der Waals surface area contributed by atoms with E-state index in [4.69, 9.17) is 9.16 Å². The number of carbonyl (C=O) groups excluding carboxylic acids is 2. The Balaban J connectivity index is 3.14. The SMILES string of the molecule is C/C1=C/C[C@@H](C(=O)OC(C)(C)C)C(=O)C(C)[C@@H](O[Si](C)(C)C(C)(C)C)CC1. The predicted molar refractivity (Wildman–Crippen MR) is 113 cm³/mol. The number of hydrogen-bond acceptors (Lipinski definition) is 4. The summed E-state index contributed by atoms with van der Waals surface area (Å²) in [6, 6.07) is 0. The highest BCUT2D eigenvalue weighted by Gasteiger charge is 2.43. The molecular formula is C22H40O4Si. The van der Waals surface area contributed by atoms with Gasteiger partial charge < -0.3 is 9.16 Å². The van der Waals surface area contributed by atoms with Gasteiger partial charge in [0.15, 0.2) is 14.1 Å². The van der Waals surface area contributed by atoms with E-state index in [9.17, 15) is 9.59 Å². The summed E-state index contributed by atoms with van der Waals surface area (Å²) >= 11 is 0. The maximum absolute atomic E-state index is 13.2. The van der Waals surface area contributed by atoms with Crippen molar-refractivity contribution in [3.05, 3.63) is 11.6 Å². The molecule has 0 amide bonds. The van der Waals surface area contributed by atoms with Crippen molar-refractivity contribution in [2.45, 2.75) is 104 Å². The number of carbonyl (C=O) groups is 2. The van der Waals surface area contributed by atoms with E-state index in [1.807, 2.05) is 33.8 Å². The van der Waals surface area contributed by atoms with Gasteiger partial charge in [-0.15, -0.1) is 0 Å². The van der Waals surface area contributed by atoms with Gasteiger partial charge in [-0.3, -0.25) is 9.59 Å². The second-order valence-corrected chi connectivity index (χ2v) is 15.3. The zero-order valence-electron chi connectivity index (χ0n) is 19.1. The van der Waals surface area contributed by atoms with E-state index < -0.39 is 25.8 Å². The molecule has 0 N–H and O–H groups in total. The highest BCUT2D eigenvalue weighted by atomic mass is 28.4. The zero-order chi connectivity index (χ0) is 21.2. The number of hydrogen-bond donors (Lipinski definition) is 0. The highest BCUT2D eigenvalue weighted by Crippen LogP contribution is 2.39. The third kappa shape index (κ3) is 6.86. The molecule has 3 atom stereocenters. The van der Waals surface area contributed by atoms with Crippen LogP contribution in [0.15, 0.2) is 11.6 Å². The fourth-order valence-electron chi connectivity index (χ4n) is 2.96. The normalized spacial score (nSPS) is 27.9. The highest BCUT2D eigenvalue weighted by molar-refractivity contribution is 6.74. The molecular weight excluding hydrogens is 356 g/mol. The molecule has 0 bridgehead atoms. The number of esters is 1. The first-order valence-electron chi connectivity index (χ1n) is 10.2. The Bertz CT molecular complexity index is 578. The lowest BCUT2D eigenvalue weighted by Gasteiger charge is -2.41. The molecule has 1 unspecified atom stereocenters. The molecule has 0 heterocycles. The topological polar surface area (TPSA) is 52.6 Å². The number of allylic oxidation sites excluding steroid dienone is 2. The maximum atomic E-state index is 13.2. The van der Waals surface area contributed by atoms with Crippen molar-refractivity contribution in [2.24, 2.45) is 11.8 Å². The molecule has 0 aliphatic heterocycles. The van der Waals surface area contributed by atoms with Crippen LogP contribution >= 0.6 is 0 Å². The van der Waals surface area contributed by atoms with Crippen LogP contribution in [-0.2, 0) is 18.8 Å². The van der Waals surface area contributed by atoms with Crippen molar-refractivity contribution >= 4 is 20.1 Å². The number of ether oxygens (including phenoxy) is 1. The first-order chi connectivity index (χ1) is 12.0. The molecule has 0 radical (unpaired) electrons. The van der Waals surface area contributed by atoms with E-state index in [0.29, 0.717) is 6.42 Å². The van der Waals surface area contributed by atoms with Crippen LogP contribution in [0, 0.1) is 11.8 Å². The van der Waals surface area contributed by atoms with Crippen molar-refractivity contribution < 1.29 is 18.8 Å². The van der Waals surface area contributed by atoms with Gasteiger partial charge in [0.25, 0.3) is 0 Å². The van der Waals surface area contributed by atoms with Gasteiger partial charge in [-0.1, -0.05) is 39.3 Å². The van der Waals surface area contributed by atoms with Gasteiger partial charge >= 0.3 is 5.97 Å². The minimum absolute atomic E-state index is 0.0566. The molecule has 1 rings (SSSR count). The first kappa shape index (κ1) is 24.1. The summed E-state index contributed by atoms with van der Waals surface area (Å²) in [5.41, 5.74) is 0.601. The Morgan fingerprint density at radius 3 is 2.19 bits per heavy atom. The molecule has 0 saturated carbocycles. The average molecular weight is 397 g/mol. The Hall–Kier alpha value is -0.943. The lowest BCUT2D eigenvalue weighted by atomic mass is 9.87. The third-order valence-corrected chi connectivity index (χ3v) is 10.3. The van der Waals surface area contributed by atoms with Crippen molar-refractivity contribution in [1.82, 2.24) is 0 Å². The van der Waals surface area contributed by atoms with Gasteiger partial charge in [0, 0.05) is 5.92 Å². The molecule has 27 heavy (non-hydrogen) atoms. The van der Waals surface area contributed by atoms with Gasteiger partial charge in [-0.05, 0) is 65.1 Å². The summed E-state index contributed by atoms with van der Waals surface area (Å²) in [5, 5.41) is 0.0731. The first-order valence-corrected chi connectivity index (χ1v) is 13.1. The Labute approximate surface area is 167 Å². The van der Waals surface area contributed by atoms with Crippen molar-refractivity contribution in [3.63, 3.8) is 0 Å². The molecule has 156 valence electrons. The van der Waals surface area contributed by atoms with Crippen molar-refractivity contribution in [1.29, 1.82) is 0 Å². The molecule has 0 aromatic rings. The summed E-state index contributed by atoms with van der Waals surface area (Å²) in [6.45, 7) is 20.5. The summed E-state index contributed by atoms with van der Waals surface area (Å²) in [6.07, 6.45) is 3.97. The lowest BCUT2D eigenvalue weighted by Crippen LogP contribution is -2.47. The Kier molecular flexibility index (Phi) is 7.68. The smallest absolute Gasteiger partial charge is 0.317 e. The molecule has 0 fully saturated rings. The minimum Gasteiger partial charge on any atom is -0.459 e. The van der Waals surface area contributed by atoms with Gasteiger partial charge in [0.1, 0.15) is 11.5 Å². The van der Waals surface area contributed by atoms with E-state index in [0.717, 1.165) is 12.8 Å². The summed E-state index contributed by atoms with van der Waals surface area (Å²) in [7, 11) is -2.02. The third-order valence-electron chi connectivity index (χ3n) is 5.82. The van der Waals surface area contributed by atoms with Gasteiger partial charge in [0.2, 0.25) is 0 Å². The number of Topliss-reactive ketones (excluding diaryl/α,β-unsaturated/α-hetero) is 1. The number of ketones is 1. The summed E-state index contributed by atoms with van der Waals surface area (Å²) < 4.78 is 12.2.